The molecule has 104 valence electrons. The van der Waals surface area contributed by atoms with E-state index in [1.54, 1.807) is 0 Å². The topological polar surface area (TPSA) is 32.3 Å². The zero-order chi connectivity index (χ0) is 13.6. The molecule has 0 aromatic heterocycles. The number of carbonyl (C=O) groups is 1. The summed E-state index contributed by atoms with van der Waals surface area (Å²) in [5, 5.41) is 3.56. The molecule has 1 heterocycles. The number of hydrogen-bond donors (Lipinski definition) is 1. The highest BCUT2D eigenvalue weighted by Gasteiger charge is 2.52. The lowest BCUT2D eigenvalue weighted by molar-refractivity contribution is -0.137. The SMILES string of the molecule is CCC1NC(C)(CC)C(=O)N1C1CCCC1(C)C. The number of hydrogen-bond acceptors (Lipinski definition) is 2. The van der Waals surface area contributed by atoms with Crippen LogP contribution >= 0.6 is 0 Å². The number of nitrogens with one attached hydrogen (secondary N) is 1. The number of carbonyl (C=O) groups excluding carboxylic acids is 1. The van der Waals surface area contributed by atoms with Gasteiger partial charge in [-0.25, -0.2) is 0 Å². The Morgan fingerprint density at radius 1 is 1.33 bits per heavy atom. The van der Waals surface area contributed by atoms with E-state index in [9.17, 15) is 4.79 Å². The number of nitrogens with zero attached hydrogens (tertiary/aromatic N) is 1. The van der Waals surface area contributed by atoms with E-state index in [2.05, 4.69) is 44.8 Å². The van der Waals surface area contributed by atoms with Crippen molar-refractivity contribution in [1.82, 2.24) is 10.2 Å². The van der Waals surface area contributed by atoms with Crippen LogP contribution in [0.3, 0.4) is 0 Å². The molecule has 1 aliphatic carbocycles. The maximum atomic E-state index is 12.8. The van der Waals surface area contributed by atoms with Crippen molar-refractivity contribution in [2.45, 2.75) is 84.5 Å². The lowest BCUT2D eigenvalue weighted by Crippen LogP contribution is -2.49. The van der Waals surface area contributed by atoms with Crippen LogP contribution in [0.15, 0.2) is 0 Å². The van der Waals surface area contributed by atoms with Crippen molar-refractivity contribution in [2.75, 3.05) is 0 Å². The van der Waals surface area contributed by atoms with Gasteiger partial charge in [0, 0.05) is 6.04 Å². The summed E-state index contributed by atoms with van der Waals surface area (Å²) < 4.78 is 0. The Morgan fingerprint density at radius 2 is 2.00 bits per heavy atom. The molecule has 1 N–H and O–H groups in total. The molecule has 2 aliphatic rings. The zero-order valence-electron chi connectivity index (χ0n) is 12.5. The third-order valence-electron chi connectivity index (χ3n) is 5.16. The van der Waals surface area contributed by atoms with Crippen molar-refractivity contribution in [1.29, 1.82) is 0 Å². The van der Waals surface area contributed by atoms with Crippen LogP contribution in [-0.4, -0.2) is 28.6 Å². The fourth-order valence-electron chi connectivity index (χ4n) is 3.66. The van der Waals surface area contributed by atoms with Crippen LogP contribution in [-0.2, 0) is 4.79 Å². The Hall–Kier alpha value is -0.570. The second-order valence-corrected chi connectivity index (χ2v) is 6.86. The van der Waals surface area contributed by atoms with Gasteiger partial charge < -0.3 is 4.90 Å². The molecule has 0 bridgehead atoms. The van der Waals surface area contributed by atoms with Gasteiger partial charge in [0.05, 0.1) is 11.7 Å². The molecule has 1 amide bonds. The molecule has 0 aromatic carbocycles. The number of amides is 1. The van der Waals surface area contributed by atoms with Gasteiger partial charge in [-0.1, -0.05) is 34.1 Å². The highest BCUT2D eigenvalue weighted by atomic mass is 16.2. The Bertz CT molecular complexity index is 339. The highest BCUT2D eigenvalue weighted by molar-refractivity contribution is 5.88. The first-order chi connectivity index (χ1) is 8.35. The van der Waals surface area contributed by atoms with Gasteiger partial charge in [-0.2, -0.15) is 0 Å². The fourth-order valence-corrected chi connectivity index (χ4v) is 3.66. The van der Waals surface area contributed by atoms with Crippen molar-refractivity contribution >= 4 is 5.91 Å². The van der Waals surface area contributed by atoms with E-state index in [4.69, 9.17) is 0 Å². The maximum Gasteiger partial charge on any atom is 0.244 e. The van der Waals surface area contributed by atoms with Crippen LogP contribution < -0.4 is 5.32 Å². The van der Waals surface area contributed by atoms with Gasteiger partial charge in [-0.3, -0.25) is 10.1 Å². The minimum Gasteiger partial charge on any atom is -0.322 e. The molecule has 3 unspecified atom stereocenters. The van der Waals surface area contributed by atoms with Gasteiger partial charge in [-0.05, 0) is 38.0 Å². The standard InChI is InChI=1S/C15H28N2O/c1-6-12-16-15(5,7-2)13(18)17(12)11-9-8-10-14(11,3)4/h11-12,16H,6-10H2,1-5H3. The molecular weight excluding hydrogens is 224 g/mol. The number of rotatable bonds is 3. The molecule has 0 radical (unpaired) electrons. The van der Waals surface area contributed by atoms with Crippen molar-refractivity contribution in [3.05, 3.63) is 0 Å². The Kier molecular flexibility index (Phi) is 3.48. The summed E-state index contributed by atoms with van der Waals surface area (Å²) in [4.78, 5) is 14.9. The molecular formula is C15H28N2O. The van der Waals surface area contributed by atoms with E-state index < -0.39 is 0 Å². The van der Waals surface area contributed by atoms with E-state index >= 15 is 0 Å². The molecule has 18 heavy (non-hydrogen) atoms. The van der Waals surface area contributed by atoms with E-state index in [-0.39, 0.29) is 17.1 Å². The second kappa shape index (κ2) is 4.52. The molecule has 1 saturated heterocycles. The molecule has 2 rings (SSSR count). The summed E-state index contributed by atoms with van der Waals surface area (Å²) in [5.74, 6) is 0.317. The molecule has 1 saturated carbocycles. The lowest BCUT2D eigenvalue weighted by Gasteiger charge is -2.38. The van der Waals surface area contributed by atoms with E-state index in [1.807, 2.05) is 0 Å². The van der Waals surface area contributed by atoms with Crippen LogP contribution in [0.1, 0.15) is 66.7 Å². The summed E-state index contributed by atoms with van der Waals surface area (Å²) in [6, 6.07) is 0.413. The predicted molar refractivity (Wildman–Crippen MR) is 74.2 cm³/mol. The van der Waals surface area contributed by atoms with Gasteiger partial charge >= 0.3 is 0 Å². The first kappa shape index (κ1) is 13.9. The van der Waals surface area contributed by atoms with Gasteiger partial charge in [0.25, 0.3) is 0 Å². The van der Waals surface area contributed by atoms with E-state index in [1.165, 1.54) is 12.8 Å². The summed E-state index contributed by atoms with van der Waals surface area (Å²) in [6.07, 6.45) is 5.74. The van der Waals surface area contributed by atoms with E-state index in [0.717, 1.165) is 19.3 Å². The molecule has 3 nitrogen and oxygen atoms in total. The lowest BCUT2D eigenvalue weighted by atomic mass is 9.85. The van der Waals surface area contributed by atoms with Gasteiger partial charge in [0.1, 0.15) is 0 Å². The summed E-state index contributed by atoms with van der Waals surface area (Å²) in [6.45, 7) is 10.9. The third-order valence-corrected chi connectivity index (χ3v) is 5.16. The van der Waals surface area contributed by atoms with Crippen LogP contribution in [0.4, 0.5) is 0 Å². The molecule has 3 atom stereocenters. The largest absolute Gasteiger partial charge is 0.322 e. The Balaban J connectivity index is 2.28. The van der Waals surface area contributed by atoms with Crippen molar-refractivity contribution in [3.63, 3.8) is 0 Å². The van der Waals surface area contributed by atoms with Crippen LogP contribution in [0.5, 0.6) is 0 Å². The van der Waals surface area contributed by atoms with Gasteiger partial charge in [0.2, 0.25) is 5.91 Å². The average molecular weight is 252 g/mol. The van der Waals surface area contributed by atoms with Crippen molar-refractivity contribution in [2.24, 2.45) is 5.41 Å². The monoisotopic (exact) mass is 252 g/mol. The zero-order valence-corrected chi connectivity index (χ0v) is 12.5. The van der Waals surface area contributed by atoms with Crippen LogP contribution in [0, 0.1) is 5.41 Å². The van der Waals surface area contributed by atoms with Crippen LogP contribution in [0.25, 0.3) is 0 Å². The summed E-state index contributed by atoms with van der Waals surface area (Å²) >= 11 is 0. The van der Waals surface area contributed by atoms with Gasteiger partial charge in [-0.15, -0.1) is 0 Å². The Labute approximate surface area is 111 Å². The third kappa shape index (κ3) is 1.97. The minimum absolute atomic E-state index is 0.227. The molecule has 3 heteroatoms. The summed E-state index contributed by atoms with van der Waals surface area (Å²) in [5.41, 5.74) is -0.0803. The first-order valence-corrected chi connectivity index (χ1v) is 7.46. The summed E-state index contributed by atoms with van der Waals surface area (Å²) in [7, 11) is 0. The van der Waals surface area contributed by atoms with Crippen LogP contribution in [0.2, 0.25) is 0 Å². The Morgan fingerprint density at radius 3 is 2.44 bits per heavy atom. The van der Waals surface area contributed by atoms with E-state index in [0.29, 0.717) is 11.9 Å². The second-order valence-electron chi connectivity index (χ2n) is 6.86. The molecule has 2 fully saturated rings. The molecule has 0 aromatic rings. The minimum atomic E-state index is -0.348. The smallest absolute Gasteiger partial charge is 0.244 e. The van der Waals surface area contributed by atoms with Crippen molar-refractivity contribution < 1.29 is 4.79 Å². The van der Waals surface area contributed by atoms with Gasteiger partial charge in [0.15, 0.2) is 0 Å². The molecule has 0 spiro atoms. The quantitative estimate of drug-likeness (QED) is 0.837. The first-order valence-electron chi connectivity index (χ1n) is 7.46. The molecule has 1 aliphatic heterocycles. The van der Waals surface area contributed by atoms with Crippen molar-refractivity contribution in [3.8, 4) is 0 Å². The normalized spacial score (nSPS) is 39.6. The average Bonchev–Trinajstić information content (AvgIpc) is 2.78. The maximum absolute atomic E-state index is 12.8. The predicted octanol–water partition coefficient (Wildman–Crippen LogP) is 2.90. The fraction of sp³-hybridized carbons (Fsp3) is 0.933. The highest BCUT2D eigenvalue weighted by Crippen LogP contribution is 2.43.